The molecule has 1 aliphatic rings. The average molecular weight is 462 g/mol. The Morgan fingerprint density at radius 2 is 1.06 bits per heavy atom. The third-order valence-corrected chi connectivity index (χ3v) is 5.18. The van der Waals surface area contributed by atoms with Gasteiger partial charge in [0.25, 0.3) is 0 Å². The van der Waals surface area contributed by atoms with Crippen molar-refractivity contribution in [1.82, 2.24) is 0 Å². The standard InChI is InChI=1S/C26H22O8/c27-23(17-10-4-1-5-11-17)31-16-20-21(33-24(28)18-12-6-2-7-13-18)22(26(30)32-20)34-25(29)19-14-8-3-9-15-19/h1-15,20-22,26,30H,16H2/t20?,21-,22+,26?/m1/s1. The van der Waals surface area contributed by atoms with Crippen LogP contribution in [-0.2, 0) is 18.9 Å². The predicted molar refractivity (Wildman–Crippen MR) is 119 cm³/mol. The molecule has 0 saturated carbocycles. The van der Waals surface area contributed by atoms with Gasteiger partial charge < -0.3 is 24.1 Å². The van der Waals surface area contributed by atoms with Gasteiger partial charge in [0.2, 0.25) is 0 Å². The third-order valence-electron chi connectivity index (χ3n) is 5.18. The summed E-state index contributed by atoms with van der Waals surface area (Å²) in [7, 11) is 0. The number of aliphatic hydroxyl groups is 1. The minimum Gasteiger partial charge on any atom is -0.459 e. The maximum absolute atomic E-state index is 12.7. The molecule has 4 atom stereocenters. The van der Waals surface area contributed by atoms with E-state index in [4.69, 9.17) is 18.9 Å². The van der Waals surface area contributed by atoms with Crippen LogP contribution in [0.15, 0.2) is 91.0 Å². The van der Waals surface area contributed by atoms with Crippen LogP contribution in [0.3, 0.4) is 0 Å². The molecule has 0 aliphatic carbocycles. The number of hydrogen-bond donors (Lipinski definition) is 1. The molecule has 1 aliphatic heterocycles. The van der Waals surface area contributed by atoms with Gasteiger partial charge in [-0.15, -0.1) is 0 Å². The Kier molecular flexibility index (Phi) is 7.31. The summed E-state index contributed by atoms with van der Waals surface area (Å²) in [5.41, 5.74) is 0.838. The fraction of sp³-hybridized carbons (Fsp3) is 0.192. The number of esters is 3. The number of carbonyl (C=O) groups is 3. The van der Waals surface area contributed by atoms with Gasteiger partial charge in [0.05, 0.1) is 16.7 Å². The molecule has 0 amide bonds. The van der Waals surface area contributed by atoms with E-state index < -0.39 is 42.5 Å². The zero-order valence-electron chi connectivity index (χ0n) is 18.0. The van der Waals surface area contributed by atoms with Gasteiger partial charge in [-0.25, -0.2) is 14.4 Å². The van der Waals surface area contributed by atoms with E-state index in [2.05, 4.69) is 0 Å². The van der Waals surface area contributed by atoms with E-state index in [-0.39, 0.29) is 17.7 Å². The molecule has 8 nitrogen and oxygen atoms in total. The molecule has 174 valence electrons. The molecule has 1 fully saturated rings. The molecule has 4 rings (SSSR count). The van der Waals surface area contributed by atoms with Crippen molar-refractivity contribution < 1.29 is 38.4 Å². The Bertz CT molecular complexity index is 1120. The van der Waals surface area contributed by atoms with Gasteiger partial charge in [0.1, 0.15) is 12.7 Å². The Morgan fingerprint density at radius 3 is 1.53 bits per heavy atom. The van der Waals surface area contributed by atoms with Gasteiger partial charge in [0.15, 0.2) is 18.5 Å². The smallest absolute Gasteiger partial charge is 0.338 e. The Morgan fingerprint density at radius 1 is 0.647 bits per heavy atom. The zero-order valence-corrected chi connectivity index (χ0v) is 18.0. The zero-order chi connectivity index (χ0) is 23.9. The van der Waals surface area contributed by atoms with E-state index in [0.29, 0.717) is 5.56 Å². The van der Waals surface area contributed by atoms with E-state index in [1.807, 2.05) is 0 Å². The first-order valence-corrected chi connectivity index (χ1v) is 10.6. The Hall–Kier alpha value is -4.01. The van der Waals surface area contributed by atoms with E-state index in [1.54, 1.807) is 91.0 Å². The molecule has 1 N–H and O–H groups in total. The molecule has 3 aromatic rings. The van der Waals surface area contributed by atoms with Gasteiger partial charge in [-0.05, 0) is 36.4 Å². The van der Waals surface area contributed by atoms with Crippen LogP contribution in [0.2, 0.25) is 0 Å². The summed E-state index contributed by atoms with van der Waals surface area (Å²) < 4.78 is 21.8. The summed E-state index contributed by atoms with van der Waals surface area (Å²) in [6.07, 6.45) is -5.22. The van der Waals surface area contributed by atoms with Crippen LogP contribution in [0, 0.1) is 0 Å². The molecule has 8 heteroatoms. The van der Waals surface area contributed by atoms with Gasteiger partial charge in [-0.1, -0.05) is 54.6 Å². The lowest BCUT2D eigenvalue weighted by Crippen LogP contribution is -2.42. The summed E-state index contributed by atoms with van der Waals surface area (Å²) >= 11 is 0. The quantitative estimate of drug-likeness (QED) is 0.422. The van der Waals surface area contributed by atoms with Crippen LogP contribution in [0.5, 0.6) is 0 Å². The van der Waals surface area contributed by atoms with Crippen LogP contribution in [0.4, 0.5) is 0 Å². The van der Waals surface area contributed by atoms with Crippen molar-refractivity contribution in [2.24, 2.45) is 0 Å². The first-order chi connectivity index (χ1) is 16.5. The normalized spacial score (nSPS) is 21.4. The monoisotopic (exact) mass is 462 g/mol. The molecule has 3 aromatic carbocycles. The maximum Gasteiger partial charge on any atom is 0.338 e. The first-order valence-electron chi connectivity index (χ1n) is 10.6. The third kappa shape index (κ3) is 5.48. The summed E-state index contributed by atoms with van der Waals surface area (Å²) in [6.45, 7) is -0.336. The SMILES string of the molecule is O=C(OCC1OC(O)[C@@H](OC(=O)c2ccccc2)[C@@H]1OC(=O)c1ccccc1)c1ccccc1. The Balaban J connectivity index is 1.51. The number of rotatable bonds is 7. The number of hydrogen-bond acceptors (Lipinski definition) is 8. The highest BCUT2D eigenvalue weighted by molar-refractivity contribution is 5.90. The fourth-order valence-corrected chi connectivity index (χ4v) is 3.46. The summed E-state index contributed by atoms with van der Waals surface area (Å²) in [5, 5.41) is 10.5. The molecular formula is C26H22O8. The lowest BCUT2D eigenvalue weighted by molar-refractivity contribution is -0.135. The van der Waals surface area contributed by atoms with Crippen LogP contribution in [0.1, 0.15) is 31.1 Å². The lowest BCUT2D eigenvalue weighted by atomic mass is 10.1. The van der Waals surface area contributed by atoms with Gasteiger partial charge in [-0.2, -0.15) is 0 Å². The highest BCUT2D eigenvalue weighted by Crippen LogP contribution is 2.28. The fourth-order valence-electron chi connectivity index (χ4n) is 3.46. The molecule has 1 heterocycles. The summed E-state index contributed by atoms with van der Waals surface area (Å²) in [5.74, 6) is -2.05. The minimum atomic E-state index is -1.60. The second kappa shape index (κ2) is 10.7. The van der Waals surface area contributed by atoms with Gasteiger partial charge >= 0.3 is 17.9 Å². The average Bonchev–Trinajstić information content (AvgIpc) is 3.17. The number of carbonyl (C=O) groups excluding carboxylic acids is 3. The second-order valence-corrected chi connectivity index (χ2v) is 7.50. The van der Waals surface area contributed by atoms with Crippen molar-refractivity contribution in [3.8, 4) is 0 Å². The van der Waals surface area contributed by atoms with Crippen LogP contribution in [-0.4, -0.2) is 54.2 Å². The molecule has 2 unspecified atom stereocenters. The molecule has 34 heavy (non-hydrogen) atoms. The minimum absolute atomic E-state index is 0.252. The highest BCUT2D eigenvalue weighted by Gasteiger charge is 2.50. The molecule has 0 bridgehead atoms. The number of ether oxygens (including phenoxy) is 4. The van der Waals surface area contributed by atoms with Crippen molar-refractivity contribution in [3.05, 3.63) is 108 Å². The van der Waals surface area contributed by atoms with Crippen molar-refractivity contribution >= 4 is 17.9 Å². The second-order valence-electron chi connectivity index (χ2n) is 7.50. The lowest BCUT2D eigenvalue weighted by Gasteiger charge is -2.23. The number of benzene rings is 3. The maximum atomic E-state index is 12.7. The van der Waals surface area contributed by atoms with Gasteiger partial charge in [0, 0.05) is 0 Å². The van der Waals surface area contributed by atoms with E-state index >= 15 is 0 Å². The van der Waals surface area contributed by atoms with Crippen LogP contribution < -0.4 is 0 Å². The summed E-state index contributed by atoms with van der Waals surface area (Å²) in [4.78, 5) is 37.6. The summed E-state index contributed by atoms with van der Waals surface area (Å²) in [6, 6.07) is 24.7. The van der Waals surface area contributed by atoms with Crippen LogP contribution >= 0.6 is 0 Å². The number of aliphatic hydroxyl groups excluding tert-OH is 1. The van der Waals surface area contributed by atoms with Crippen molar-refractivity contribution in [3.63, 3.8) is 0 Å². The first kappa shape index (κ1) is 23.2. The van der Waals surface area contributed by atoms with E-state index in [9.17, 15) is 19.5 Å². The van der Waals surface area contributed by atoms with Crippen molar-refractivity contribution in [1.29, 1.82) is 0 Å². The predicted octanol–water partition coefficient (Wildman–Crippen LogP) is 3.01. The molecule has 0 spiro atoms. The van der Waals surface area contributed by atoms with E-state index in [1.165, 1.54) is 0 Å². The molecule has 0 radical (unpaired) electrons. The molecule has 1 saturated heterocycles. The highest BCUT2D eigenvalue weighted by atomic mass is 16.7. The van der Waals surface area contributed by atoms with Gasteiger partial charge in [-0.3, -0.25) is 0 Å². The molecule has 0 aromatic heterocycles. The van der Waals surface area contributed by atoms with Crippen molar-refractivity contribution in [2.75, 3.05) is 6.61 Å². The largest absolute Gasteiger partial charge is 0.459 e. The topological polar surface area (TPSA) is 108 Å². The van der Waals surface area contributed by atoms with Crippen molar-refractivity contribution in [2.45, 2.75) is 24.6 Å². The van der Waals surface area contributed by atoms with E-state index in [0.717, 1.165) is 0 Å². The molecular weight excluding hydrogens is 440 g/mol. The Labute approximate surface area is 195 Å². The van der Waals surface area contributed by atoms with Crippen LogP contribution in [0.25, 0.3) is 0 Å².